The first-order chi connectivity index (χ1) is 19.8. The Bertz CT molecular complexity index is 1330. The van der Waals surface area contributed by atoms with E-state index in [4.69, 9.17) is 9.47 Å². The smallest absolute Gasteiger partial charge is 0.335 e. The Kier molecular flexibility index (Phi) is 10.3. The Morgan fingerprint density at radius 2 is 0.833 bits per heavy atom. The molecular formula is C32H34O10. The van der Waals surface area contributed by atoms with Crippen LogP contribution in [0, 0.1) is 11.8 Å². The Morgan fingerprint density at radius 3 is 1.07 bits per heavy atom. The van der Waals surface area contributed by atoms with E-state index in [2.05, 4.69) is 0 Å². The zero-order valence-corrected chi connectivity index (χ0v) is 23.8. The van der Waals surface area contributed by atoms with Crippen molar-refractivity contribution in [3.63, 3.8) is 0 Å². The predicted octanol–water partition coefficient (Wildman–Crippen LogP) is 6.66. The van der Waals surface area contributed by atoms with E-state index >= 15 is 0 Å². The molecule has 3 aromatic carbocycles. The van der Waals surface area contributed by atoms with E-state index in [1.807, 2.05) is 27.7 Å². The second kappa shape index (κ2) is 13.7. The van der Waals surface area contributed by atoms with Gasteiger partial charge < -0.3 is 29.9 Å². The van der Waals surface area contributed by atoms with Crippen LogP contribution >= 0.6 is 0 Å². The summed E-state index contributed by atoms with van der Waals surface area (Å²) in [5.41, 5.74) is 0.315. The Balaban J connectivity index is 2.38. The van der Waals surface area contributed by atoms with Crippen LogP contribution in [0.5, 0.6) is 11.5 Å². The van der Waals surface area contributed by atoms with E-state index in [9.17, 15) is 39.6 Å². The van der Waals surface area contributed by atoms with Crippen molar-refractivity contribution in [3.05, 3.63) is 70.8 Å². The number of rotatable bonds is 14. The van der Waals surface area contributed by atoms with Gasteiger partial charge in [-0.2, -0.15) is 0 Å². The number of carboxylic acid groups (broad SMARTS) is 4. The number of carbonyl (C=O) groups is 4. The van der Waals surface area contributed by atoms with Crippen LogP contribution in [0.25, 0.3) is 22.3 Å². The molecule has 0 unspecified atom stereocenters. The number of hydrogen-bond donors (Lipinski definition) is 4. The van der Waals surface area contributed by atoms with Gasteiger partial charge in [-0.25, -0.2) is 19.2 Å². The average molecular weight is 579 g/mol. The van der Waals surface area contributed by atoms with E-state index in [0.717, 1.165) is 25.0 Å². The van der Waals surface area contributed by atoms with Crippen LogP contribution in [-0.4, -0.2) is 57.5 Å². The van der Waals surface area contributed by atoms with Gasteiger partial charge in [0, 0.05) is 11.1 Å². The van der Waals surface area contributed by atoms with E-state index in [0.29, 0.717) is 11.1 Å². The third-order valence-electron chi connectivity index (χ3n) is 7.00. The van der Waals surface area contributed by atoms with Gasteiger partial charge in [-0.3, -0.25) is 0 Å². The van der Waals surface area contributed by atoms with Gasteiger partial charge in [0.05, 0.1) is 35.5 Å². The van der Waals surface area contributed by atoms with E-state index in [1.165, 1.54) is 24.3 Å². The molecule has 222 valence electrons. The lowest BCUT2D eigenvalue weighted by Crippen LogP contribution is -2.11. The summed E-state index contributed by atoms with van der Waals surface area (Å²) in [5, 5.41) is 38.6. The quantitative estimate of drug-likeness (QED) is 0.162. The topological polar surface area (TPSA) is 168 Å². The average Bonchev–Trinajstić information content (AvgIpc) is 2.97. The molecule has 0 bridgehead atoms. The molecule has 10 nitrogen and oxygen atoms in total. The molecule has 4 N–H and O–H groups in total. The minimum Gasteiger partial charge on any atom is -0.493 e. The minimum absolute atomic E-state index is 0.136. The monoisotopic (exact) mass is 578 g/mol. The van der Waals surface area contributed by atoms with Gasteiger partial charge in [0.25, 0.3) is 0 Å². The normalized spacial score (nSPS) is 12.3. The fourth-order valence-electron chi connectivity index (χ4n) is 4.01. The SMILES string of the molecule is CC[C@H](C)COc1cc(-c2cc(C(=O)O)cc(C(=O)O)c2)c(OC[C@@H](C)CC)cc1-c1cc(C(=O)O)cc(C(=O)O)c1. The molecule has 2 atom stereocenters. The van der Waals surface area contributed by atoms with Gasteiger partial charge >= 0.3 is 23.9 Å². The number of hydrogen-bond acceptors (Lipinski definition) is 6. The van der Waals surface area contributed by atoms with Crippen molar-refractivity contribution >= 4 is 23.9 Å². The van der Waals surface area contributed by atoms with Gasteiger partial charge in [0.15, 0.2) is 0 Å². The summed E-state index contributed by atoms with van der Waals surface area (Å²) >= 11 is 0. The van der Waals surface area contributed by atoms with Gasteiger partial charge in [-0.05, 0) is 71.5 Å². The molecule has 0 radical (unpaired) electrons. The molecule has 0 fully saturated rings. The summed E-state index contributed by atoms with van der Waals surface area (Å²) in [6, 6.07) is 10.7. The molecule has 3 rings (SSSR count). The molecule has 42 heavy (non-hydrogen) atoms. The largest absolute Gasteiger partial charge is 0.493 e. The summed E-state index contributed by atoms with van der Waals surface area (Å²) in [4.78, 5) is 47.4. The van der Waals surface area contributed by atoms with E-state index in [1.54, 1.807) is 12.1 Å². The van der Waals surface area contributed by atoms with E-state index < -0.39 is 23.9 Å². The predicted molar refractivity (Wildman–Crippen MR) is 155 cm³/mol. The molecule has 0 saturated heterocycles. The molecule has 0 aliphatic carbocycles. The lowest BCUT2D eigenvalue weighted by molar-refractivity contribution is 0.0676. The van der Waals surface area contributed by atoms with Crippen LogP contribution in [0.15, 0.2) is 48.5 Å². The maximum absolute atomic E-state index is 11.8. The molecule has 0 aliphatic heterocycles. The minimum atomic E-state index is -1.31. The van der Waals surface area contributed by atoms with Crippen LogP contribution in [0.3, 0.4) is 0 Å². The number of aromatic carboxylic acids is 4. The molecule has 0 heterocycles. The lowest BCUT2D eigenvalue weighted by atomic mass is 9.93. The Labute approximate surface area is 243 Å². The maximum Gasteiger partial charge on any atom is 0.335 e. The second-order valence-electron chi connectivity index (χ2n) is 10.3. The van der Waals surface area contributed by atoms with Crippen LogP contribution in [0.1, 0.15) is 82.0 Å². The van der Waals surface area contributed by atoms with Crippen LogP contribution in [0.2, 0.25) is 0 Å². The van der Waals surface area contributed by atoms with Crippen molar-refractivity contribution in [3.8, 4) is 33.8 Å². The lowest BCUT2D eigenvalue weighted by Gasteiger charge is -2.21. The summed E-state index contributed by atoms with van der Waals surface area (Å²) < 4.78 is 12.4. The molecule has 0 aromatic heterocycles. The van der Waals surface area contributed by atoms with Crippen molar-refractivity contribution in [1.82, 2.24) is 0 Å². The van der Waals surface area contributed by atoms with Crippen LogP contribution < -0.4 is 9.47 Å². The van der Waals surface area contributed by atoms with Crippen molar-refractivity contribution in [1.29, 1.82) is 0 Å². The molecule has 0 spiro atoms. The van der Waals surface area contributed by atoms with Crippen molar-refractivity contribution in [2.24, 2.45) is 11.8 Å². The molecule has 10 heteroatoms. The Morgan fingerprint density at radius 1 is 0.548 bits per heavy atom. The summed E-state index contributed by atoms with van der Waals surface area (Å²) in [7, 11) is 0. The van der Waals surface area contributed by atoms with Gasteiger partial charge in [0.2, 0.25) is 0 Å². The summed E-state index contributed by atoms with van der Waals surface area (Å²) in [6.45, 7) is 8.49. The van der Waals surface area contributed by atoms with Crippen molar-refractivity contribution < 1.29 is 49.1 Å². The summed E-state index contributed by atoms with van der Waals surface area (Å²) in [6.07, 6.45) is 1.61. The first-order valence-corrected chi connectivity index (χ1v) is 13.5. The van der Waals surface area contributed by atoms with Crippen LogP contribution in [0.4, 0.5) is 0 Å². The third-order valence-corrected chi connectivity index (χ3v) is 7.00. The number of ether oxygens (including phenoxy) is 2. The van der Waals surface area contributed by atoms with Gasteiger partial charge in [0.1, 0.15) is 11.5 Å². The zero-order valence-electron chi connectivity index (χ0n) is 23.8. The highest BCUT2D eigenvalue weighted by Crippen LogP contribution is 2.42. The molecule has 0 amide bonds. The summed E-state index contributed by atoms with van der Waals surface area (Å²) in [5.74, 6) is -4.43. The van der Waals surface area contributed by atoms with E-state index in [-0.39, 0.29) is 69.9 Å². The molecule has 0 aliphatic rings. The van der Waals surface area contributed by atoms with Gasteiger partial charge in [-0.1, -0.05) is 40.5 Å². The first kappa shape index (κ1) is 31.7. The third kappa shape index (κ3) is 7.66. The highest BCUT2D eigenvalue weighted by atomic mass is 16.5. The van der Waals surface area contributed by atoms with Gasteiger partial charge in [-0.15, -0.1) is 0 Å². The fourth-order valence-corrected chi connectivity index (χ4v) is 4.01. The fraction of sp³-hybridized carbons (Fsp3) is 0.312. The second-order valence-corrected chi connectivity index (χ2v) is 10.3. The number of benzene rings is 3. The number of carboxylic acids is 4. The standard InChI is InChI=1S/C32H34O10/c1-5-17(3)15-41-27-13-26(20-9-23(31(37)38)12-24(10-20)32(39)40)28(42-16-18(4)6-2)14-25(27)19-7-21(29(33)34)11-22(8-19)30(35)36/h7-14,17-18H,5-6,15-16H2,1-4H3,(H,33,34)(H,35,36)(H,37,38)(H,39,40)/t17-,18-/m0/s1. The molecular weight excluding hydrogens is 544 g/mol. The first-order valence-electron chi connectivity index (χ1n) is 13.5. The van der Waals surface area contributed by atoms with Crippen molar-refractivity contribution in [2.45, 2.75) is 40.5 Å². The van der Waals surface area contributed by atoms with Crippen LogP contribution in [-0.2, 0) is 0 Å². The highest BCUT2D eigenvalue weighted by molar-refractivity contribution is 5.98. The highest BCUT2D eigenvalue weighted by Gasteiger charge is 2.22. The molecule has 0 saturated carbocycles. The Hall–Kier alpha value is -4.86. The van der Waals surface area contributed by atoms with Crippen molar-refractivity contribution in [2.75, 3.05) is 13.2 Å². The molecule has 3 aromatic rings. The zero-order chi connectivity index (χ0) is 31.1. The maximum atomic E-state index is 11.8.